The summed E-state index contributed by atoms with van der Waals surface area (Å²) in [6.45, 7) is 0. The lowest BCUT2D eigenvalue weighted by atomic mass is 9.87. The van der Waals surface area contributed by atoms with Crippen LogP contribution in [0.25, 0.3) is 0 Å². The average Bonchev–Trinajstić information content (AvgIpc) is 2.61. The molecule has 1 amide bonds. The van der Waals surface area contributed by atoms with Crippen molar-refractivity contribution in [1.29, 1.82) is 0 Å². The average molecular weight is 327 g/mol. The molecule has 0 heterocycles. The van der Waals surface area contributed by atoms with Gasteiger partial charge in [-0.05, 0) is 60.6 Å². The van der Waals surface area contributed by atoms with Crippen molar-refractivity contribution in [2.45, 2.75) is 38.1 Å². The number of benzene rings is 2. The minimum atomic E-state index is -0.250. The zero-order chi connectivity index (χ0) is 16.9. The SMILES string of the molecule is COc1ccc2c(c1)CCC[C@H]2NC(=O)CCc1ccccc1F. The Hall–Kier alpha value is -2.36. The van der Waals surface area contributed by atoms with Crippen molar-refractivity contribution in [2.24, 2.45) is 0 Å². The second kappa shape index (κ2) is 7.47. The Bertz CT molecular complexity index is 729. The van der Waals surface area contributed by atoms with E-state index in [2.05, 4.69) is 5.32 Å². The first kappa shape index (κ1) is 16.5. The molecule has 1 aliphatic carbocycles. The number of ether oxygens (including phenoxy) is 1. The van der Waals surface area contributed by atoms with E-state index in [4.69, 9.17) is 4.74 Å². The number of rotatable bonds is 5. The third-order valence-corrected chi connectivity index (χ3v) is 4.58. The Labute approximate surface area is 141 Å². The van der Waals surface area contributed by atoms with Crippen LogP contribution in [-0.4, -0.2) is 13.0 Å². The molecule has 0 aliphatic heterocycles. The molecule has 2 aromatic rings. The molecule has 0 radical (unpaired) electrons. The number of carbonyl (C=O) groups is 1. The maximum absolute atomic E-state index is 13.6. The summed E-state index contributed by atoms with van der Waals surface area (Å²) in [6.07, 6.45) is 3.70. The van der Waals surface area contributed by atoms with Crippen LogP contribution < -0.4 is 10.1 Å². The van der Waals surface area contributed by atoms with Crippen LogP contribution in [0, 0.1) is 5.82 Å². The lowest BCUT2D eigenvalue weighted by molar-refractivity contribution is -0.121. The summed E-state index contributed by atoms with van der Waals surface area (Å²) in [6, 6.07) is 12.7. The van der Waals surface area contributed by atoms with Crippen molar-refractivity contribution in [3.63, 3.8) is 0 Å². The van der Waals surface area contributed by atoms with Gasteiger partial charge in [-0.1, -0.05) is 24.3 Å². The zero-order valence-corrected chi connectivity index (χ0v) is 13.8. The van der Waals surface area contributed by atoms with Gasteiger partial charge in [-0.3, -0.25) is 4.79 Å². The summed E-state index contributed by atoms with van der Waals surface area (Å²) in [5.41, 5.74) is 2.99. The summed E-state index contributed by atoms with van der Waals surface area (Å²) < 4.78 is 18.9. The predicted octanol–water partition coefficient (Wildman–Crippen LogP) is 3.96. The molecule has 0 unspecified atom stereocenters. The topological polar surface area (TPSA) is 38.3 Å². The number of carbonyl (C=O) groups excluding carboxylic acids is 1. The molecule has 0 saturated heterocycles. The lowest BCUT2D eigenvalue weighted by Gasteiger charge is -2.27. The van der Waals surface area contributed by atoms with Gasteiger partial charge >= 0.3 is 0 Å². The van der Waals surface area contributed by atoms with Crippen LogP contribution >= 0.6 is 0 Å². The van der Waals surface area contributed by atoms with E-state index in [0.717, 1.165) is 25.0 Å². The molecule has 2 aromatic carbocycles. The normalized spacial score (nSPS) is 16.3. The quantitative estimate of drug-likeness (QED) is 0.903. The minimum Gasteiger partial charge on any atom is -0.497 e. The van der Waals surface area contributed by atoms with Gasteiger partial charge in [-0.25, -0.2) is 4.39 Å². The first-order valence-electron chi connectivity index (χ1n) is 8.37. The van der Waals surface area contributed by atoms with Crippen LogP contribution in [-0.2, 0) is 17.6 Å². The largest absolute Gasteiger partial charge is 0.497 e. The van der Waals surface area contributed by atoms with E-state index < -0.39 is 0 Å². The second-order valence-corrected chi connectivity index (χ2v) is 6.17. The monoisotopic (exact) mass is 327 g/mol. The fourth-order valence-electron chi connectivity index (χ4n) is 3.28. The summed E-state index contributed by atoms with van der Waals surface area (Å²) >= 11 is 0. The fraction of sp³-hybridized carbons (Fsp3) is 0.350. The maximum atomic E-state index is 13.6. The molecule has 3 rings (SSSR count). The van der Waals surface area contributed by atoms with Crippen molar-refractivity contribution in [3.05, 3.63) is 65.0 Å². The van der Waals surface area contributed by atoms with Crippen molar-refractivity contribution in [1.82, 2.24) is 5.32 Å². The highest BCUT2D eigenvalue weighted by Gasteiger charge is 2.22. The van der Waals surface area contributed by atoms with Crippen molar-refractivity contribution in [2.75, 3.05) is 7.11 Å². The molecule has 0 spiro atoms. The second-order valence-electron chi connectivity index (χ2n) is 6.17. The van der Waals surface area contributed by atoms with Gasteiger partial charge in [0, 0.05) is 6.42 Å². The van der Waals surface area contributed by atoms with Crippen molar-refractivity contribution in [3.8, 4) is 5.75 Å². The number of methoxy groups -OCH3 is 1. The van der Waals surface area contributed by atoms with Crippen LogP contribution in [0.4, 0.5) is 4.39 Å². The first-order chi connectivity index (χ1) is 11.7. The Morgan fingerprint density at radius 1 is 1.29 bits per heavy atom. The van der Waals surface area contributed by atoms with Gasteiger partial charge in [-0.15, -0.1) is 0 Å². The predicted molar refractivity (Wildman–Crippen MR) is 91.5 cm³/mol. The molecule has 3 nitrogen and oxygen atoms in total. The first-order valence-corrected chi connectivity index (χ1v) is 8.37. The minimum absolute atomic E-state index is 0.0350. The van der Waals surface area contributed by atoms with Crippen LogP contribution in [0.5, 0.6) is 5.75 Å². The molecule has 126 valence electrons. The van der Waals surface area contributed by atoms with Gasteiger partial charge in [0.2, 0.25) is 5.91 Å². The lowest BCUT2D eigenvalue weighted by Crippen LogP contribution is -2.31. The summed E-state index contributed by atoms with van der Waals surface area (Å²) in [7, 11) is 1.66. The van der Waals surface area contributed by atoms with E-state index >= 15 is 0 Å². The van der Waals surface area contributed by atoms with Gasteiger partial charge in [0.1, 0.15) is 11.6 Å². The maximum Gasteiger partial charge on any atom is 0.220 e. The van der Waals surface area contributed by atoms with Gasteiger partial charge in [0.05, 0.1) is 13.2 Å². The number of hydrogen-bond donors (Lipinski definition) is 1. The van der Waals surface area contributed by atoms with Gasteiger partial charge < -0.3 is 10.1 Å². The van der Waals surface area contributed by atoms with Crippen LogP contribution in [0.2, 0.25) is 0 Å². The van der Waals surface area contributed by atoms with Crippen LogP contribution in [0.15, 0.2) is 42.5 Å². The van der Waals surface area contributed by atoms with Gasteiger partial charge in [-0.2, -0.15) is 0 Å². The van der Waals surface area contributed by atoms with Crippen LogP contribution in [0.1, 0.15) is 42.0 Å². The number of fused-ring (bicyclic) bond motifs is 1. The molecule has 24 heavy (non-hydrogen) atoms. The molecule has 1 atom stereocenters. The third kappa shape index (κ3) is 3.75. The number of halogens is 1. The van der Waals surface area contributed by atoms with Crippen LogP contribution in [0.3, 0.4) is 0 Å². The van der Waals surface area contributed by atoms with E-state index in [1.165, 1.54) is 17.2 Å². The van der Waals surface area contributed by atoms with E-state index in [9.17, 15) is 9.18 Å². The van der Waals surface area contributed by atoms with E-state index in [1.54, 1.807) is 25.3 Å². The molecule has 1 N–H and O–H groups in total. The Balaban J connectivity index is 1.62. The molecular weight excluding hydrogens is 305 g/mol. The van der Waals surface area contributed by atoms with Gasteiger partial charge in [0.15, 0.2) is 0 Å². The molecular formula is C20H22FNO2. The summed E-state index contributed by atoms with van der Waals surface area (Å²) in [5, 5.41) is 3.10. The van der Waals surface area contributed by atoms with E-state index in [-0.39, 0.29) is 17.8 Å². The molecule has 0 bridgehead atoms. The Kier molecular flexibility index (Phi) is 5.14. The summed E-state index contributed by atoms with van der Waals surface area (Å²) in [4.78, 5) is 12.3. The fourth-order valence-corrected chi connectivity index (χ4v) is 3.28. The van der Waals surface area contributed by atoms with E-state index in [0.29, 0.717) is 18.4 Å². The Morgan fingerprint density at radius 2 is 2.12 bits per heavy atom. The smallest absolute Gasteiger partial charge is 0.220 e. The molecule has 0 fully saturated rings. The molecule has 0 aromatic heterocycles. The molecule has 0 saturated carbocycles. The summed E-state index contributed by atoms with van der Waals surface area (Å²) in [5.74, 6) is 0.563. The number of hydrogen-bond acceptors (Lipinski definition) is 2. The van der Waals surface area contributed by atoms with Crippen molar-refractivity contribution >= 4 is 5.91 Å². The zero-order valence-electron chi connectivity index (χ0n) is 13.8. The highest BCUT2D eigenvalue weighted by molar-refractivity contribution is 5.76. The van der Waals surface area contributed by atoms with E-state index in [1.807, 2.05) is 18.2 Å². The number of amides is 1. The van der Waals surface area contributed by atoms with Gasteiger partial charge in [0.25, 0.3) is 0 Å². The number of aryl methyl sites for hydroxylation is 2. The molecule has 1 aliphatic rings. The Morgan fingerprint density at radius 3 is 2.92 bits per heavy atom. The number of nitrogens with one attached hydrogen (secondary N) is 1. The third-order valence-electron chi connectivity index (χ3n) is 4.58. The molecule has 4 heteroatoms. The highest BCUT2D eigenvalue weighted by Crippen LogP contribution is 2.32. The van der Waals surface area contributed by atoms with Crippen molar-refractivity contribution < 1.29 is 13.9 Å². The standard InChI is InChI=1S/C20H22FNO2/c1-24-16-10-11-17-15(13-16)6-4-8-19(17)22-20(23)12-9-14-5-2-3-7-18(14)21/h2-3,5,7,10-11,13,19H,4,6,8-9,12H2,1H3,(H,22,23)/t19-/m1/s1. The highest BCUT2D eigenvalue weighted by atomic mass is 19.1.